The third kappa shape index (κ3) is 8.15. The molecule has 0 bridgehead atoms. The summed E-state index contributed by atoms with van der Waals surface area (Å²) in [6.07, 6.45) is 0. The molecule has 0 aliphatic heterocycles. The van der Waals surface area contributed by atoms with Gasteiger partial charge in [0.05, 0.1) is 5.08 Å². The van der Waals surface area contributed by atoms with Crippen molar-refractivity contribution in [1.29, 1.82) is 0 Å². The Kier molecular flexibility index (Phi) is 2.34. The Bertz CT molecular complexity index is 93.6. The van der Waals surface area contributed by atoms with Crippen LogP contribution in [-0.2, 0) is 0 Å². The van der Waals surface area contributed by atoms with Gasteiger partial charge in [0, 0.05) is 4.36 Å². The number of hydrogen-bond donors (Lipinski definition) is 1. The predicted octanol–water partition coefficient (Wildman–Crippen LogP) is 4.52. The Balaban J connectivity index is 4.50. The van der Waals surface area contributed by atoms with Crippen molar-refractivity contribution in [1.82, 2.24) is 0 Å². The van der Waals surface area contributed by atoms with Crippen molar-refractivity contribution in [3.8, 4) is 0 Å². The largest absolute Gasteiger partial charge is 0.166 e. The van der Waals surface area contributed by atoms with Crippen molar-refractivity contribution in [2.75, 3.05) is 5.08 Å². The molecular weight excluding hydrogens is 253 g/mol. The summed E-state index contributed by atoms with van der Waals surface area (Å²) in [5, 5.41) is -0.159. The molecule has 0 radical (unpaired) electrons. The molecule has 0 spiro atoms. The van der Waals surface area contributed by atoms with Crippen LogP contribution in [0.4, 0.5) is 0 Å². The van der Waals surface area contributed by atoms with Crippen LogP contribution in [0, 0.1) is 0 Å². The van der Waals surface area contributed by atoms with Gasteiger partial charge in [0.1, 0.15) is 0 Å². The Morgan fingerprint density at radius 1 is 1.00 bits per heavy atom. The van der Waals surface area contributed by atoms with Crippen LogP contribution >= 0.6 is 70.4 Å². The molecule has 0 N–H and O–H groups in total. The van der Waals surface area contributed by atoms with E-state index in [2.05, 4.69) is 12.6 Å². The highest BCUT2D eigenvalue weighted by Gasteiger charge is 2.50. The van der Waals surface area contributed by atoms with Crippen LogP contribution in [0.15, 0.2) is 0 Å². The first-order valence-corrected chi connectivity index (χ1v) is 8.76. The van der Waals surface area contributed by atoms with Gasteiger partial charge in [0.2, 0.25) is 0 Å². The van der Waals surface area contributed by atoms with Crippen LogP contribution in [0.1, 0.15) is 0 Å². The zero-order valence-corrected chi connectivity index (χ0v) is 8.94. The number of hydrogen-bond acceptors (Lipinski definition) is 1. The second-order valence-electron chi connectivity index (χ2n) is 1.26. The lowest BCUT2D eigenvalue weighted by atomic mass is 11.9. The van der Waals surface area contributed by atoms with Crippen LogP contribution in [0.25, 0.3) is 0 Å². The molecule has 54 valence electrons. The van der Waals surface area contributed by atoms with Crippen LogP contribution in [-0.4, -0.2) is 5.08 Å². The van der Waals surface area contributed by atoms with Crippen molar-refractivity contribution in [2.45, 2.75) is 0 Å². The number of thiol groups is 1. The Labute approximate surface area is 74.9 Å². The lowest BCUT2D eigenvalue weighted by molar-refractivity contribution is 2.31. The molecule has 8 heavy (non-hydrogen) atoms. The van der Waals surface area contributed by atoms with Gasteiger partial charge in [-0.25, -0.2) is 0 Å². The van der Waals surface area contributed by atoms with Gasteiger partial charge >= 0.3 is 0 Å². The molecular formula is CH3Cl5S2. The SMILES string of the molecule is SCS(Cl)(Cl)(Cl)(Cl)Cl. The predicted molar refractivity (Wildman–Crippen MR) is 50.7 cm³/mol. The van der Waals surface area contributed by atoms with Gasteiger partial charge in [-0.2, -0.15) is 12.6 Å². The molecule has 0 aromatic carbocycles. The Morgan fingerprint density at radius 2 is 1.12 bits per heavy atom. The van der Waals surface area contributed by atoms with Gasteiger partial charge < -0.3 is 0 Å². The molecule has 0 unspecified atom stereocenters. The maximum absolute atomic E-state index is 5.33. The summed E-state index contributed by atoms with van der Waals surface area (Å²) in [6.45, 7) is 0. The minimum atomic E-state index is -4.28. The molecule has 0 atom stereocenters. The minimum Gasteiger partial charge on any atom is -0.166 e. The first kappa shape index (κ1) is 10.2. The van der Waals surface area contributed by atoms with E-state index < -0.39 is 4.36 Å². The summed E-state index contributed by atoms with van der Waals surface area (Å²) in [5.74, 6) is 0. The van der Waals surface area contributed by atoms with Crippen molar-refractivity contribution < 1.29 is 0 Å². The highest BCUT2D eigenvalue weighted by molar-refractivity contribution is 9.24. The summed E-state index contributed by atoms with van der Waals surface area (Å²) in [5.41, 5.74) is 0. The maximum Gasteiger partial charge on any atom is 0.0650 e. The molecule has 0 aliphatic rings. The molecule has 0 aromatic rings. The molecule has 0 amide bonds. The fourth-order valence-corrected chi connectivity index (χ4v) is 0. The van der Waals surface area contributed by atoms with Gasteiger partial charge in [0.25, 0.3) is 0 Å². The van der Waals surface area contributed by atoms with E-state index in [1.54, 1.807) is 0 Å². The molecule has 0 saturated carbocycles. The smallest absolute Gasteiger partial charge is 0.0650 e. The van der Waals surface area contributed by atoms with Crippen LogP contribution in [0.2, 0.25) is 0 Å². The molecule has 0 aliphatic carbocycles. The standard InChI is InChI=1S/CH3Cl5S2/c2-8(3,4,5,6)1-7/h7H,1H2. The fourth-order valence-electron chi connectivity index (χ4n) is 0. The molecule has 0 rings (SSSR count). The monoisotopic (exact) mass is 254 g/mol. The molecule has 0 fully saturated rings. The first-order valence-electron chi connectivity index (χ1n) is 1.38. The number of rotatable bonds is 1. The Hall–Kier alpha value is 2.15. The molecule has 0 heterocycles. The van der Waals surface area contributed by atoms with Gasteiger partial charge in [-0.1, -0.05) is 0 Å². The lowest BCUT2D eigenvalue weighted by Crippen LogP contribution is -1.96. The fraction of sp³-hybridized carbons (Fsp3) is 1.00. The molecule has 0 aromatic heterocycles. The van der Waals surface area contributed by atoms with Crippen LogP contribution in [0.5, 0.6) is 0 Å². The average Bonchev–Trinajstić information content (AvgIpc) is 1.30. The topological polar surface area (TPSA) is 0 Å². The average molecular weight is 256 g/mol. The lowest BCUT2D eigenvalue weighted by Gasteiger charge is -2.48. The van der Waals surface area contributed by atoms with Crippen molar-refractivity contribution in [3.05, 3.63) is 0 Å². The zero-order valence-electron chi connectivity index (χ0n) is 3.45. The highest BCUT2D eigenvalue weighted by Crippen LogP contribution is 3.09. The first-order chi connectivity index (χ1) is 3.04. The van der Waals surface area contributed by atoms with Crippen molar-refractivity contribution in [2.24, 2.45) is 0 Å². The molecule has 7 heteroatoms. The van der Waals surface area contributed by atoms with E-state index in [1.807, 2.05) is 0 Å². The van der Waals surface area contributed by atoms with E-state index in [9.17, 15) is 0 Å². The second-order valence-corrected chi connectivity index (χ2v) is 21.8. The summed E-state index contributed by atoms with van der Waals surface area (Å²) < 4.78 is -4.28. The van der Waals surface area contributed by atoms with E-state index >= 15 is 0 Å². The Morgan fingerprint density at radius 3 is 1.12 bits per heavy atom. The van der Waals surface area contributed by atoms with Gasteiger partial charge in [-0.3, -0.25) is 0 Å². The molecule has 0 nitrogen and oxygen atoms in total. The quantitative estimate of drug-likeness (QED) is 0.655. The maximum atomic E-state index is 5.33. The summed E-state index contributed by atoms with van der Waals surface area (Å²) >= 11 is 3.67. The zero-order chi connectivity index (χ0) is 7.12. The summed E-state index contributed by atoms with van der Waals surface area (Å²) in [6, 6.07) is 0. The van der Waals surface area contributed by atoms with E-state index in [0.29, 0.717) is 0 Å². The third-order valence-electron chi connectivity index (χ3n) is 0.244. The van der Waals surface area contributed by atoms with E-state index in [1.165, 1.54) is 0 Å². The van der Waals surface area contributed by atoms with Crippen LogP contribution in [0.3, 0.4) is 0 Å². The van der Waals surface area contributed by atoms with Gasteiger partial charge in [0.15, 0.2) is 0 Å². The summed E-state index contributed by atoms with van der Waals surface area (Å²) in [7, 11) is 26.7. The van der Waals surface area contributed by atoms with Crippen molar-refractivity contribution in [3.63, 3.8) is 0 Å². The van der Waals surface area contributed by atoms with Gasteiger partial charge in [-0.05, 0) is 53.4 Å². The van der Waals surface area contributed by atoms with Gasteiger partial charge in [-0.15, -0.1) is 0 Å². The van der Waals surface area contributed by atoms with E-state index in [0.717, 1.165) is 0 Å². The minimum absolute atomic E-state index is 0.159. The highest BCUT2D eigenvalue weighted by atomic mass is 36.6. The second kappa shape index (κ2) is 1.84. The van der Waals surface area contributed by atoms with Crippen LogP contribution < -0.4 is 0 Å². The van der Waals surface area contributed by atoms with Crippen molar-refractivity contribution >= 4 is 70.4 Å². The van der Waals surface area contributed by atoms with E-state index in [4.69, 9.17) is 53.4 Å². The number of halogens is 5. The summed E-state index contributed by atoms with van der Waals surface area (Å²) in [4.78, 5) is 0. The third-order valence-corrected chi connectivity index (χ3v) is 6.59. The van der Waals surface area contributed by atoms with E-state index in [-0.39, 0.29) is 5.08 Å². The normalized spacial score (nSPS) is 21.8. The molecule has 0 saturated heterocycles.